The maximum Gasteiger partial charge on any atom is 0.347 e. The first kappa shape index (κ1) is 15.5. The lowest BCUT2D eigenvalue weighted by Crippen LogP contribution is -2.16. The zero-order valence-electron chi connectivity index (χ0n) is 12.5. The minimum Gasteiger partial charge on any atom is -0.477 e. The van der Waals surface area contributed by atoms with Crippen molar-refractivity contribution in [3.05, 3.63) is 46.5 Å². The summed E-state index contributed by atoms with van der Waals surface area (Å²) in [4.78, 5) is 18.3. The van der Waals surface area contributed by atoms with Gasteiger partial charge in [0, 0.05) is 13.6 Å². The van der Waals surface area contributed by atoms with Crippen LogP contribution >= 0.6 is 11.3 Å². The monoisotopic (exact) mass is 304 g/mol. The Hall–Kier alpha value is -1.88. The van der Waals surface area contributed by atoms with E-state index in [4.69, 9.17) is 0 Å². The third kappa shape index (κ3) is 3.61. The summed E-state index contributed by atoms with van der Waals surface area (Å²) in [5.74, 6) is -0.728. The van der Waals surface area contributed by atoms with Crippen molar-refractivity contribution in [1.82, 2.24) is 4.98 Å². The van der Waals surface area contributed by atoms with E-state index >= 15 is 0 Å². The number of thiazole rings is 1. The van der Waals surface area contributed by atoms with E-state index in [2.05, 4.69) is 17.1 Å². The van der Waals surface area contributed by atoms with Crippen molar-refractivity contribution in [2.75, 3.05) is 11.9 Å². The van der Waals surface area contributed by atoms with Crippen molar-refractivity contribution in [3.8, 4) is 0 Å². The Morgan fingerprint density at radius 1 is 1.38 bits per heavy atom. The lowest BCUT2D eigenvalue weighted by atomic mass is 10.0. The standard InChI is InChI=1S/C16H20N2O2S/c1-4-11(2)13-14(15(19)20)21-16(17-13)18(3)10-12-8-6-5-7-9-12/h5-9,11H,4,10H2,1-3H3,(H,19,20). The fourth-order valence-electron chi connectivity index (χ4n) is 2.09. The molecule has 0 bridgehead atoms. The highest BCUT2D eigenvalue weighted by molar-refractivity contribution is 7.17. The van der Waals surface area contributed by atoms with Crippen molar-refractivity contribution in [2.24, 2.45) is 0 Å². The van der Waals surface area contributed by atoms with Crippen LogP contribution in [-0.2, 0) is 6.54 Å². The summed E-state index contributed by atoms with van der Waals surface area (Å²) in [6.07, 6.45) is 0.881. The Morgan fingerprint density at radius 3 is 2.62 bits per heavy atom. The molecule has 112 valence electrons. The quantitative estimate of drug-likeness (QED) is 0.876. The van der Waals surface area contributed by atoms with E-state index in [0.717, 1.165) is 11.6 Å². The van der Waals surface area contributed by atoms with Crippen LogP contribution in [0.25, 0.3) is 0 Å². The van der Waals surface area contributed by atoms with Gasteiger partial charge >= 0.3 is 5.97 Å². The van der Waals surface area contributed by atoms with Crippen molar-refractivity contribution in [1.29, 1.82) is 0 Å². The molecule has 0 saturated carbocycles. The maximum absolute atomic E-state index is 11.4. The average Bonchev–Trinajstić information content (AvgIpc) is 2.93. The van der Waals surface area contributed by atoms with Crippen LogP contribution < -0.4 is 4.90 Å². The number of rotatable bonds is 6. The van der Waals surface area contributed by atoms with Crippen LogP contribution in [0.2, 0.25) is 0 Å². The molecular formula is C16H20N2O2S. The van der Waals surface area contributed by atoms with Crippen LogP contribution in [0.15, 0.2) is 30.3 Å². The molecule has 5 heteroatoms. The van der Waals surface area contributed by atoms with E-state index in [-0.39, 0.29) is 5.92 Å². The Balaban J connectivity index is 2.25. The van der Waals surface area contributed by atoms with Gasteiger partial charge in [0.15, 0.2) is 5.13 Å². The first-order valence-corrected chi connectivity index (χ1v) is 7.83. The second-order valence-electron chi connectivity index (χ2n) is 5.17. The lowest BCUT2D eigenvalue weighted by molar-refractivity contribution is 0.0700. The van der Waals surface area contributed by atoms with Gasteiger partial charge in [0.1, 0.15) is 4.88 Å². The summed E-state index contributed by atoms with van der Waals surface area (Å²) < 4.78 is 0. The predicted molar refractivity (Wildman–Crippen MR) is 86.3 cm³/mol. The van der Waals surface area contributed by atoms with Gasteiger partial charge in [-0.2, -0.15) is 0 Å². The molecule has 2 rings (SSSR count). The van der Waals surface area contributed by atoms with Gasteiger partial charge in [0.25, 0.3) is 0 Å². The molecule has 0 aliphatic carbocycles. The maximum atomic E-state index is 11.4. The highest BCUT2D eigenvalue weighted by atomic mass is 32.1. The van der Waals surface area contributed by atoms with Gasteiger partial charge in [0.2, 0.25) is 0 Å². The Kier molecular flexibility index (Phi) is 4.96. The number of hydrogen-bond acceptors (Lipinski definition) is 4. The molecule has 0 aliphatic heterocycles. The van der Waals surface area contributed by atoms with E-state index in [9.17, 15) is 9.90 Å². The Bertz CT molecular complexity index is 610. The van der Waals surface area contributed by atoms with E-state index in [0.29, 0.717) is 17.1 Å². The second kappa shape index (κ2) is 6.72. The van der Waals surface area contributed by atoms with Crippen LogP contribution in [0.3, 0.4) is 0 Å². The number of aromatic nitrogens is 1. The first-order chi connectivity index (χ1) is 10.0. The lowest BCUT2D eigenvalue weighted by Gasteiger charge is -2.15. The molecule has 1 N–H and O–H groups in total. The third-order valence-corrected chi connectivity index (χ3v) is 4.68. The van der Waals surface area contributed by atoms with Crippen molar-refractivity contribution < 1.29 is 9.90 Å². The molecule has 2 aromatic rings. The Labute approximate surface area is 129 Å². The van der Waals surface area contributed by atoms with Gasteiger partial charge < -0.3 is 10.0 Å². The number of nitrogens with zero attached hydrogens (tertiary/aromatic N) is 2. The van der Waals surface area contributed by atoms with Gasteiger partial charge in [-0.15, -0.1) is 0 Å². The molecule has 0 radical (unpaired) electrons. The summed E-state index contributed by atoms with van der Waals surface area (Å²) in [7, 11) is 1.94. The molecule has 4 nitrogen and oxygen atoms in total. The highest BCUT2D eigenvalue weighted by Gasteiger charge is 2.22. The number of carboxylic acid groups (broad SMARTS) is 1. The Morgan fingerprint density at radius 2 is 2.05 bits per heavy atom. The number of aromatic carboxylic acids is 1. The molecule has 21 heavy (non-hydrogen) atoms. The fourth-order valence-corrected chi connectivity index (χ4v) is 3.07. The van der Waals surface area contributed by atoms with Gasteiger partial charge in [-0.05, 0) is 17.9 Å². The summed E-state index contributed by atoms with van der Waals surface area (Å²) in [5.41, 5.74) is 1.88. The molecule has 0 spiro atoms. The van der Waals surface area contributed by atoms with Crippen molar-refractivity contribution >= 4 is 22.4 Å². The predicted octanol–water partition coefficient (Wildman–Crippen LogP) is 3.99. The smallest absolute Gasteiger partial charge is 0.347 e. The first-order valence-electron chi connectivity index (χ1n) is 7.02. The molecule has 1 atom stereocenters. The number of hydrogen-bond donors (Lipinski definition) is 1. The van der Waals surface area contributed by atoms with E-state index in [1.165, 1.54) is 16.9 Å². The van der Waals surface area contributed by atoms with E-state index < -0.39 is 5.97 Å². The van der Waals surface area contributed by atoms with Gasteiger partial charge in [-0.3, -0.25) is 0 Å². The van der Waals surface area contributed by atoms with E-state index in [1.807, 2.05) is 44.0 Å². The van der Waals surface area contributed by atoms with Gasteiger partial charge in [0.05, 0.1) is 5.69 Å². The van der Waals surface area contributed by atoms with Gasteiger partial charge in [-0.1, -0.05) is 55.5 Å². The number of carbonyl (C=O) groups is 1. The van der Waals surface area contributed by atoms with Crippen LogP contribution in [0.4, 0.5) is 5.13 Å². The molecule has 0 aliphatic rings. The normalized spacial score (nSPS) is 12.1. The zero-order chi connectivity index (χ0) is 15.4. The summed E-state index contributed by atoms with van der Waals surface area (Å²) in [5, 5.41) is 10.1. The minimum atomic E-state index is -0.887. The molecule has 1 aromatic heterocycles. The van der Waals surface area contributed by atoms with Crippen LogP contribution in [0.5, 0.6) is 0 Å². The van der Waals surface area contributed by atoms with Crippen LogP contribution in [0.1, 0.15) is 47.1 Å². The van der Waals surface area contributed by atoms with Crippen molar-refractivity contribution in [3.63, 3.8) is 0 Å². The second-order valence-corrected chi connectivity index (χ2v) is 6.14. The summed E-state index contributed by atoms with van der Waals surface area (Å²) in [6.45, 7) is 4.78. The molecule has 0 amide bonds. The van der Waals surface area contributed by atoms with Crippen LogP contribution in [-0.4, -0.2) is 23.1 Å². The molecule has 0 saturated heterocycles. The largest absolute Gasteiger partial charge is 0.477 e. The molecule has 1 unspecified atom stereocenters. The molecule has 0 fully saturated rings. The topological polar surface area (TPSA) is 53.4 Å². The number of benzene rings is 1. The van der Waals surface area contributed by atoms with Gasteiger partial charge in [-0.25, -0.2) is 9.78 Å². The number of anilines is 1. The minimum absolute atomic E-state index is 0.159. The molecular weight excluding hydrogens is 284 g/mol. The fraction of sp³-hybridized carbons (Fsp3) is 0.375. The summed E-state index contributed by atoms with van der Waals surface area (Å²) >= 11 is 1.25. The van der Waals surface area contributed by atoms with Crippen LogP contribution in [0, 0.1) is 0 Å². The third-order valence-electron chi connectivity index (χ3n) is 3.50. The number of carboxylic acids is 1. The highest BCUT2D eigenvalue weighted by Crippen LogP contribution is 2.32. The summed E-state index contributed by atoms with van der Waals surface area (Å²) in [6, 6.07) is 10.1. The average molecular weight is 304 g/mol. The SMILES string of the molecule is CCC(C)c1nc(N(C)Cc2ccccc2)sc1C(=O)O. The molecule has 1 aromatic carbocycles. The van der Waals surface area contributed by atoms with Crippen molar-refractivity contribution in [2.45, 2.75) is 32.7 Å². The van der Waals surface area contributed by atoms with E-state index in [1.54, 1.807) is 0 Å². The molecule has 1 heterocycles. The zero-order valence-corrected chi connectivity index (χ0v) is 13.4.